The van der Waals surface area contributed by atoms with Gasteiger partial charge in [0, 0.05) is 13.1 Å². The Bertz CT molecular complexity index is 1080. The largest absolute Gasteiger partial charge is 0.494 e. The van der Waals surface area contributed by atoms with Gasteiger partial charge in [0.2, 0.25) is 0 Å². The van der Waals surface area contributed by atoms with Crippen LogP contribution in [0.3, 0.4) is 0 Å². The summed E-state index contributed by atoms with van der Waals surface area (Å²) in [5.41, 5.74) is 2.38. The van der Waals surface area contributed by atoms with Crippen LogP contribution in [0.25, 0.3) is 21.8 Å². The van der Waals surface area contributed by atoms with E-state index in [1.165, 1.54) is 64.7 Å². The molecule has 2 fully saturated rings. The van der Waals surface area contributed by atoms with Crippen molar-refractivity contribution in [3.63, 3.8) is 0 Å². The highest BCUT2D eigenvalue weighted by Crippen LogP contribution is 2.23. The van der Waals surface area contributed by atoms with E-state index in [0.29, 0.717) is 24.6 Å². The first-order valence-corrected chi connectivity index (χ1v) is 14.8. The van der Waals surface area contributed by atoms with Crippen LogP contribution in [-0.4, -0.2) is 62.3 Å². The van der Waals surface area contributed by atoms with Crippen LogP contribution >= 0.6 is 0 Å². The maximum absolute atomic E-state index is 7.67. The molecule has 0 amide bonds. The van der Waals surface area contributed by atoms with Crippen LogP contribution in [0.1, 0.15) is 62.5 Å². The quantitative estimate of drug-likeness (QED) is 0.151. The van der Waals surface area contributed by atoms with Crippen molar-refractivity contribution < 1.29 is 9.47 Å². The summed E-state index contributed by atoms with van der Waals surface area (Å²) in [5.74, 6) is 1.66. The highest BCUT2D eigenvalue weighted by Gasteiger charge is 2.11. The van der Waals surface area contributed by atoms with Gasteiger partial charge >= 0.3 is 0 Å². The number of ether oxygens (including phenoxy) is 2. The van der Waals surface area contributed by atoms with Crippen molar-refractivity contribution in [2.45, 2.75) is 51.4 Å². The summed E-state index contributed by atoms with van der Waals surface area (Å²) in [6.07, 6.45) is 13.5. The predicted molar refractivity (Wildman–Crippen MR) is 163 cm³/mol. The first-order chi connectivity index (χ1) is 19.7. The SMILES string of the molecule is [C-]#[N+]C(=C\c1ccc(OCCCN2CCCCC2)cc1)/C(=C/c1ccc(OCCCN2CCCCC2)cc1)[N+]#[C-]. The summed E-state index contributed by atoms with van der Waals surface area (Å²) in [6, 6.07) is 15.5. The Labute approximate surface area is 240 Å². The Morgan fingerprint density at radius 1 is 0.600 bits per heavy atom. The Morgan fingerprint density at radius 3 is 1.32 bits per heavy atom. The molecular weight excluding hydrogens is 496 g/mol. The van der Waals surface area contributed by atoms with E-state index in [2.05, 4.69) is 19.5 Å². The Morgan fingerprint density at radius 2 is 0.975 bits per heavy atom. The number of nitrogens with zero attached hydrogens (tertiary/aromatic N) is 4. The Balaban J connectivity index is 1.25. The summed E-state index contributed by atoms with van der Waals surface area (Å²) in [7, 11) is 0. The molecule has 2 saturated heterocycles. The minimum absolute atomic E-state index is 0.322. The maximum atomic E-state index is 7.67. The molecule has 0 radical (unpaired) electrons. The third-order valence-corrected chi connectivity index (χ3v) is 7.54. The van der Waals surface area contributed by atoms with E-state index >= 15 is 0 Å². The van der Waals surface area contributed by atoms with Gasteiger partial charge in [-0.3, -0.25) is 9.69 Å². The van der Waals surface area contributed by atoms with E-state index < -0.39 is 0 Å². The third-order valence-electron chi connectivity index (χ3n) is 7.54. The van der Waals surface area contributed by atoms with E-state index in [4.69, 9.17) is 22.6 Å². The zero-order valence-electron chi connectivity index (χ0n) is 23.7. The molecule has 0 atom stereocenters. The third kappa shape index (κ3) is 9.87. The fourth-order valence-electron chi connectivity index (χ4n) is 5.29. The second-order valence-corrected chi connectivity index (χ2v) is 10.6. The van der Waals surface area contributed by atoms with Gasteiger partial charge in [-0.2, -0.15) is 0 Å². The highest BCUT2D eigenvalue weighted by atomic mass is 16.5. The van der Waals surface area contributed by atoms with Crippen LogP contribution in [0.4, 0.5) is 0 Å². The molecule has 210 valence electrons. The van der Waals surface area contributed by atoms with Gasteiger partial charge < -0.3 is 19.3 Å². The number of likely N-dealkylation sites (tertiary alicyclic amines) is 2. The van der Waals surface area contributed by atoms with Crippen LogP contribution in [-0.2, 0) is 0 Å². The topological polar surface area (TPSA) is 33.7 Å². The Hall–Kier alpha value is -3.58. The van der Waals surface area contributed by atoms with Crippen molar-refractivity contribution in [2.75, 3.05) is 52.5 Å². The first-order valence-electron chi connectivity index (χ1n) is 14.8. The van der Waals surface area contributed by atoms with Crippen LogP contribution in [0.5, 0.6) is 11.5 Å². The molecule has 0 unspecified atom stereocenters. The lowest BCUT2D eigenvalue weighted by Gasteiger charge is -2.26. The summed E-state index contributed by atoms with van der Waals surface area (Å²) in [4.78, 5) is 12.3. The molecule has 2 aromatic carbocycles. The molecule has 2 heterocycles. The lowest BCUT2D eigenvalue weighted by molar-refractivity contribution is 0.205. The van der Waals surface area contributed by atoms with Gasteiger partial charge in [0.05, 0.1) is 26.4 Å². The zero-order chi connectivity index (χ0) is 27.8. The molecule has 40 heavy (non-hydrogen) atoms. The first kappa shape index (κ1) is 29.4. The van der Waals surface area contributed by atoms with Crippen molar-refractivity contribution in [3.05, 3.63) is 93.9 Å². The van der Waals surface area contributed by atoms with Crippen LogP contribution < -0.4 is 9.47 Å². The molecule has 6 heteroatoms. The minimum Gasteiger partial charge on any atom is -0.494 e. The average Bonchev–Trinajstić information content (AvgIpc) is 3.01. The summed E-state index contributed by atoms with van der Waals surface area (Å²) in [5, 5.41) is 0. The molecular formula is C34H42N4O2. The fraction of sp³-hybridized carbons (Fsp3) is 0.471. The monoisotopic (exact) mass is 538 g/mol. The molecule has 4 rings (SSSR count). The number of benzene rings is 2. The lowest BCUT2D eigenvalue weighted by atomic mass is 10.1. The minimum atomic E-state index is 0.322. The van der Waals surface area contributed by atoms with Gasteiger partial charge in [-0.15, -0.1) is 0 Å². The highest BCUT2D eigenvalue weighted by molar-refractivity contribution is 5.70. The van der Waals surface area contributed by atoms with Crippen molar-refractivity contribution in [1.29, 1.82) is 0 Å². The zero-order valence-corrected chi connectivity index (χ0v) is 23.7. The van der Waals surface area contributed by atoms with Gasteiger partial charge in [-0.05, 0) is 100 Å². The number of hydrogen-bond acceptors (Lipinski definition) is 4. The Kier molecular flexibility index (Phi) is 12.1. The predicted octanol–water partition coefficient (Wildman–Crippen LogP) is 7.42. The molecule has 0 aromatic heterocycles. The molecule has 0 saturated carbocycles. The summed E-state index contributed by atoms with van der Waals surface area (Å²) in [6.45, 7) is 23.8. The van der Waals surface area contributed by atoms with Crippen molar-refractivity contribution in [3.8, 4) is 11.5 Å². The average molecular weight is 539 g/mol. The summed E-state index contributed by atoms with van der Waals surface area (Å²) >= 11 is 0. The molecule has 0 spiro atoms. The number of hydrogen-bond donors (Lipinski definition) is 0. The van der Waals surface area contributed by atoms with E-state index in [0.717, 1.165) is 48.6 Å². The van der Waals surface area contributed by atoms with Gasteiger partial charge in [0.15, 0.2) is 11.4 Å². The van der Waals surface area contributed by atoms with Crippen LogP contribution in [0.15, 0.2) is 59.9 Å². The second kappa shape index (κ2) is 16.5. The standard InChI is InChI=1S/C34H42N4O2/c1-35-33(27-29-11-15-31(16-12-29)39-25-9-23-37-19-5-3-6-20-37)34(36-2)28-30-13-17-32(18-14-30)40-26-10-24-38-21-7-4-8-22-38/h11-18,27-28H,3-10,19-26H2/b33-27-,34-28-. The normalized spacial score (nSPS) is 17.1. The van der Waals surface area contributed by atoms with Gasteiger partial charge in [0.1, 0.15) is 11.5 Å². The van der Waals surface area contributed by atoms with E-state index in [-0.39, 0.29) is 0 Å². The van der Waals surface area contributed by atoms with Crippen molar-refractivity contribution in [1.82, 2.24) is 9.80 Å². The van der Waals surface area contributed by atoms with E-state index in [9.17, 15) is 0 Å². The van der Waals surface area contributed by atoms with Gasteiger partial charge in [-0.1, -0.05) is 49.3 Å². The molecule has 2 aliphatic rings. The summed E-state index contributed by atoms with van der Waals surface area (Å²) < 4.78 is 11.8. The molecule has 0 N–H and O–H groups in total. The maximum Gasteiger partial charge on any atom is 0.195 e. The molecule has 2 aliphatic heterocycles. The smallest absolute Gasteiger partial charge is 0.195 e. The van der Waals surface area contributed by atoms with E-state index in [1.807, 2.05) is 48.5 Å². The lowest BCUT2D eigenvalue weighted by Crippen LogP contribution is -2.31. The number of rotatable bonds is 13. The fourth-order valence-corrected chi connectivity index (χ4v) is 5.29. The van der Waals surface area contributed by atoms with Crippen molar-refractivity contribution >= 4 is 12.2 Å². The number of piperidine rings is 2. The van der Waals surface area contributed by atoms with Crippen LogP contribution in [0.2, 0.25) is 0 Å². The molecule has 2 aromatic rings. The van der Waals surface area contributed by atoms with Gasteiger partial charge in [0.25, 0.3) is 0 Å². The van der Waals surface area contributed by atoms with Gasteiger partial charge in [-0.25, -0.2) is 0 Å². The van der Waals surface area contributed by atoms with E-state index in [1.54, 1.807) is 12.2 Å². The second-order valence-electron chi connectivity index (χ2n) is 10.6. The van der Waals surface area contributed by atoms with Crippen molar-refractivity contribution in [2.24, 2.45) is 0 Å². The molecule has 0 bridgehead atoms. The van der Waals surface area contributed by atoms with Crippen LogP contribution in [0, 0.1) is 13.1 Å². The molecule has 6 nitrogen and oxygen atoms in total. The molecule has 0 aliphatic carbocycles.